The Morgan fingerprint density at radius 3 is 3.04 bits per heavy atom. The zero-order valence-electron chi connectivity index (χ0n) is 14.0. The quantitative estimate of drug-likeness (QED) is 0.852. The lowest BCUT2D eigenvalue weighted by molar-refractivity contribution is -0.137. The van der Waals surface area contributed by atoms with E-state index in [2.05, 4.69) is 14.9 Å². The number of aliphatic carboxylic acids is 1. The SMILES string of the molecule is Cc1cccc(Cl)c1COc1ncc2c(n1)CCN(CCC(=O)O)C2. The predicted molar refractivity (Wildman–Crippen MR) is 93.8 cm³/mol. The smallest absolute Gasteiger partial charge is 0.316 e. The number of rotatable bonds is 6. The van der Waals surface area contributed by atoms with Gasteiger partial charge in [0.2, 0.25) is 0 Å². The highest BCUT2D eigenvalue weighted by molar-refractivity contribution is 6.31. The molecule has 1 aromatic carbocycles. The third-order valence-electron chi connectivity index (χ3n) is 4.33. The third-order valence-corrected chi connectivity index (χ3v) is 4.69. The summed E-state index contributed by atoms with van der Waals surface area (Å²) in [6.07, 6.45) is 2.68. The highest BCUT2D eigenvalue weighted by atomic mass is 35.5. The van der Waals surface area contributed by atoms with Gasteiger partial charge in [-0.1, -0.05) is 23.7 Å². The standard InChI is InChI=1S/C18H20ClN3O3/c1-12-3-2-4-15(19)14(12)11-25-18-20-9-13-10-22(8-6-17(23)24)7-5-16(13)21-18/h2-4,9H,5-8,10-11H2,1H3,(H,23,24). The highest BCUT2D eigenvalue weighted by Crippen LogP contribution is 2.22. The highest BCUT2D eigenvalue weighted by Gasteiger charge is 2.19. The Labute approximate surface area is 151 Å². The minimum atomic E-state index is -0.777. The number of ether oxygens (including phenoxy) is 1. The molecule has 0 spiro atoms. The molecule has 0 aliphatic carbocycles. The molecule has 0 fully saturated rings. The van der Waals surface area contributed by atoms with Crippen molar-refractivity contribution in [2.75, 3.05) is 13.1 Å². The van der Waals surface area contributed by atoms with E-state index >= 15 is 0 Å². The van der Waals surface area contributed by atoms with Crippen LogP contribution in [0.2, 0.25) is 5.02 Å². The van der Waals surface area contributed by atoms with Gasteiger partial charge >= 0.3 is 12.0 Å². The first-order chi connectivity index (χ1) is 12.0. The van der Waals surface area contributed by atoms with Gasteiger partial charge in [-0.25, -0.2) is 4.98 Å². The second-order valence-corrected chi connectivity index (χ2v) is 6.53. The molecule has 2 aromatic rings. The second-order valence-electron chi connectivity index (χ2n) is 6.12. The number of benzene rings is 1. The zero-order valence-corrected chi connectivity index (χ0v) is 14.8. The van der Waals surface area contributed by atoms with Gasteiger partial charge in [0.1, 0.15) is 6.61 Å². The summed E-state index contributed by atoms with van der Waals surface area (Å²) in [5.41, 5.74) is 4.00. The van der Waals surface area contributed by atoms with Crippen LogP contribution in [0.4, 0.5) is 0 Å². The molecule has 2 heterocycles. The molecule has 1 aliphatic heterocycles. The number of hydrogen-bond acceptors (Lipinski definition) is 5. The van der Waals surface area contributed by atoms with Crippen molar-refractivity contribution in [2.45, 2.75) is 32.9 Å². The normalized spacial score (nSPS) is 14.2. The minimum absolute atomic E-state index is 0.147. The van der Waals surface area contributed by atoms with Gasteiger partial charge in [0.05, 0.1) is 12.1 Å². The Morgan fingerprint density at radius 2 is 2.28 bits per heavy atom. The summed E-state index contributed by atoms with van der Waals surface area (Å²) in [5.74, 6) is -0.777. The van der Waals surface area contributed by atoms with Crippen molar-refractivity contribution >= 4 is 17.6 Å². The van der Waals surface area contributed by atoms with Crippen molar-refractivity contribution in [2.24, 2.45) is 0 Å². The number of nitrogens with zero attached hydrogens (tertiary/aromatic N) is 3. The fourth-order valence-corrected chi connectivity index (χ4v) is 3.13. The van der Waals surface area contributed by atoms with Crippen molar-refractivity contribution < 1.29 is 14.6 Å². The summed E-state index contributed by atoms with van der Waals surface area (Å²) < 4.78 is 5.73. The van der Waals surface area contributed by atoms with Crippen LogP contribution in [-0.4, -0.2) is 39.0 Å². The van der Waals surface area contributed by atoms with Crippen LogP contribution in [-0.2, 0) is 24.4 Å². The number of fused-ring (bicyclic) bond motifs is 1. The molecule has 0 bridgehead atoms. The van der Waals surface area contributed by atoms with Crippen LogP contribution in [0.5, 0.6) is 6.01 Å². The lowest BCUT2D eigenvalue weighted by Crippen LogP contribution is -2.33. The molecule has 3 rings (SSSR count). The molecule has 132 valence electrons. The van der Waals surface area contributed by atoms with Crippen LogP contribution in [0.1, 0.15) is 28.8 Å². The van der Waals surface area contributed by atoms with E-state index in [0.717, 1.165) is 35.3 Å². The molecule has 0 radical (unpaired) electrons. The van der Waals surface area contributed by atoms with E-state index < -0.39 is 5.97 Å². The number of carbonyl (C=O) groups is 1. The Kier molecular flexibility index (Phi) is 5.50. The van der Waals surface area contributed by atoms with E-state index in [-0.39, 0.29) is 6.42 Å². The average molecular weight is 362 g/mol. The molecular weight excluding hydrogens is 342 g/mol. The van der Waals surface area contributed by atoms with Gasteiger partial charge in [-0.15, -0.1) is 0 Å². The van der Waals surface area contributed by atoms with Crippen LogP contribution >= 0.6 is 11.6 Å². The lowest BCUT2D eigenvalue weighted by Gasteiger charge is -2.27. The van der Waals surface area contributed by atoms with Crippen LogP contribution < -0.4 is 4.74 Å². The van der Waals surface area contributed by atoms with Crippen molar-refractivity contribution in [3.63, 3.8) is 0 Å². The molecule has 1 aliphatic rings. The number of aromatic nitrogens is 2. The Hall–Kier alpha value is -2.18. The van der Waals surface area contributed by atoms with Gasteiger partial charge in [-0.05, 0) is 18.6 Å². The van der Waals surface area contributed by atoms with Gasteiger partial charge in [0.25, 0.3) is 0 Å². The van der Waals surface area contributed by atoms with Crippen molar-refractivity contribution in [1.82, 2.24) is 14.9 Å². The summed E-state index contributed by atoms with van der Waals surface area (Å²) in [5, 5.41) is 9.46. The van der Waals surface area contributed by atoms with Crippen molar-refractivity contribution in [1.29, 1.82) is 0 Å². The molecule has 1 aromatic heterocycles. The summed E-state index contributed by atoms with van der Waals surface area (Å²) >= 11 is 6.21. The van der Waals surface area contributed by atoms with Crippen LogP contribution in [0.3, 0.4) is 0 Å². The molecule has 0 amide bonds. The van der Waals surface area contributed by atoms with E-state index in [4.69, 9.17) is 21.4 Å². The van der Waals surface area contributed by atoms with Crippen LogP contribution in [0.15, 0.2) is 24.4 Å². The fourth-order valence-electron chi connectivity index (χ4n) is 2.86. The Bertz CT molecular complexity index is 762. The first kappa shape index (κ1) is 17.6. The number of halogens is 1. The topological polar surface area (TPSA) is 75.6 Å². The molecule has 1 N–H and O–H groups in total. The molecule has 7 heteroatoms. The summed E-state index contributed by atoms with van der Waals surface area (Å²) in [6, 6.07) is 6.08. The van der Waals surface area contributed by atoms with Crippen LogP contribution in [0.25, 0.3) is 0 Å². The number of carboxylic acid groups (broad SMARTS) is 1. The predicted octanol–water partition coefficient (Wildman–Crippen LogP) is 2.85. The van der Waals surface area contributed by atoms with Crippen molar-refractivity contribution in [3.8, 4) is 6.01 Å². The van der Waals surface area contributed by atoms with E-state index in [9.17, 15) is 4.79 Å². The maximum Gasteiger partial charge on any atom is 0.316 e. The van der Waals surface area contributed by atoms with Gasteiger partial charge in [-0.3, -0.25) is 9.69 Å². The number of hydrogen-bond donors (Lipinski definition) is 1. The molecular formula is C18H20ClN3O3. The first-order valence-electron chi connectivity index (χ1n) is 8.18. The van der Waals surface area contributed by atoms with E-state index in [1.54, 1.807) is 6.20 Å². The number of carboxylic acids is 1. The van der Waals surface area contributed by atoms with E-state index in [1.165, 1.54) is 0 Å². The first-order valence-corrected chi connectivity index (χ1v) is 8.56. The van der Waals surface area contributed by atoms with Gasteiger partial charge in [-0.2, -0.15) is 4.98 Å². The van der Waals surface area contributed by atoms with E-state index in [1.807, 2.05) is 25.1 Å². The van der Waals surface area contributed by atoms with Crippen molar-refractivity contribution in [3.05, 3.63) is 51.8 Å². The molecule has 0 saturated heterocycles. The van der Waals surface area contributed by atoms with E-state index in [0.29, 0.717) is 30.7 Å². The average Bonchev–Trinajstić information content (AvgIpc) is 2.59. The van der Waals surface area contributed by atoms with Crippen LogP contribution in [0, 0.1) is 6.92 Å². The second kappa shape index (κ2) is 7.80. The molecule has 0 atom stereocenters. The Balaban J connectivity index is 1.63. The maximum atomic E-state index is 10.7. The molecule has 25 heavy (non-hydrogen) atoms. The molecule has 0 unspecified atom stereocenters. The monoisotopic (exact) mass is 361 g/mol. The Morgan fingerprint density at radius 1 is 1.44 bits per heavy atom. The fraction of sp³-hybridized carbons (Fsp3) is 0.389. The maximum absolute atomic E-state index is 10.7. The summed E-state index contributed by atoms with van der Waals surface area (Å²) in [7, 11) is 0. The zero-order chi connectivity index (χ0) is 17.8. The number of aryl methyl sites for hydroxylation is 1. The summed E-state index contributed by atoms with van der Waals surface area (Å²) in [4.78, 5) is 21.6. The molecule has 0 saturated carbocycles. The lowest BCUT2D eigenvalue weighted by atomic mass is 10.1. The minimum Gasteiger partial charge on any atom is -0.481 e. The third kappa shape index (κ3) is 4.46. The van der Waals surface area contributed by atoms with Gasteiger partial charge in [0.15, 0.2) is 0 Å². The largest absolute Gasteiger partial charge is 0.481 e. The van der Waals surface area contributed by atoms with Gasteiger partial charge in [0, 0.05) is 48.4 Å². The summed E-state index contributed by atoms with van der Waals surface area (Å²) in [6.45, 7) is 4.32. The molecule has 6 nitrogen and oxygen atoms in total. The van der Waals surface area contributed by atoms with Gasteiger partial charge < -0.3 is 9.84 Å².